The molecule has 0 spiro atoms. The van der Waals surface area contributed by atoms with Crippen LogP contribution in [0.3, 0.4) is 0 Å². The molecule has 0 aromatic heterocycles. The molecule has 0 amide bonds. The standard InChI is InChI=1S/C16H26N2O2/c1-4-20-16(19)8-6-5-7-13-17-14-9-11-15(12-10-14)18(2)3/h9-12,17H,4-8,13H2,1-3H3. The molecule has 0 fully saturated rings. The summed E-state index contributed by atoms with van der Waals surface area (Å²) in [6.07, 6.45) is 3.54. The van der Waals surface area contributed by atoms with Gasteiger partial charge in [0, 0.05) is 38.4 Å². The monoisotopic (exact) mass is 278 g/mol. The van der Waals surface area contributed by atoms with Crippen molar-refractivity contribution >= 4 is 17.3 Å². The summed E-state index contributed by atoms with van der Waals surface area (Å²) in [4.78, 5) is 13.2. The number of benzene rings is 1. The van der Waals surface area contributed by atoms with E-state index in [4.69, 9.17) is 4.74 Å². The minimum atomic E-state index is -0.0836. The summed E-state index contributed by atoms with van der Waals surface area (Å²) in [6, 6.07) is 8.38. The van der Waals surface area contributed by atoms with Crippen molar-refractivity contribution in [2.24, 2.45) is 0 Å². The number of hydrogen-bond acceptors (Lipinski definition) is 4. The molecule has 0 aliphatic rings. The van der Waals surface area contributed by atoms with E-state index in [0.717, 1.165) is 31.5 Å². The number of hydrogen-bond donors (Lipinski definition) is 1. The van der Waals surface area contributed by atoms with Crippen LogP contribution in [0.1, 0.15) is 32.6 Å². The Kier molecular flexibility index (Phi) is 7.55. The van der Waals surface area contributed by atoms with E-state index in [1.807, 2.05) is 21.0 Å². The molecule has 112 valence electrons. The molecule has 4 nitrogen and oxygen atoms in total. The zero-order chi connectivity index (χ0) is 14.8. The Balaban J connectivity index is 2.10. The predicted octanol–water partition coefficient (Wildman–Crippen LogP) is 3.29. The Hall–Kier alpha value is -1.71. The highest BCUT2D eigenvalue weighted by Gasteiger charge is 2.00. The van der Waals surface area contributed by atoms with Crippen LogP contribution < -0.4 is 10.2 Å². The van der Waals surface area contributed by atoms with Gasteiger partial charge in [-0.25, -0.2) is 0 Å². The van der Waals surface area contributed by atoms with Gasteiger partial charge < -0.3 is 15.0 Å². The number of esters is 1. The van der Waals surface area contributed by atoms with Crippen molar-refractivity contribution in [1.82, 2.24) is 0 Å². The summed E-state index contributed by atoms with van der Waals surface area (Å²) in [5.41, 5.74) is 2.34. The molecule has 1 rings (SSSR count). The van der Waals surface area contributed by atoms with E-state index in [1.54, 1.807) is 0 Å². The van der Waals surface area contributed by atoms with Gasteiger partial charge in [0.2, 0.25) is 0 Å². The first-order chi connectivity index (χ1) is 9.63. The molecule has 0 bridgehead atoms. The van der Waals surface area contributed by atoms with Crippen molar-refractivity contribution in [3.8, 4) is 0 Å². The van der Waals surface area contributed by atoms with Crippen LogP contribution in [-0.2, 0) is 9.53 Å². The van der Waals surface area contributed by atoms with Gasteiger partial charge in [-0.3, -0.25) is 4.79 Å². The molecule has 0 radical (unpaired) electrons. The van der Waals surface area contributed by atoms with Crippen LogP contribution >= 0.6 is 0 Å². The van der Waals surface area contributed by atoms with Crippen molar-refractivity contribution in [3.05, 3.63) is 24.3 Å². The molecule has 1 N–H and O–H groups in total. The Morgan fingerprint density at radius 3 is 2.45 bits per heavy atom. The van der Waals surface area contributed by atoms with Gasteiger partial charge in [0.15, 0.2) is 0 Å². The average Bonchev–Trinajstić information content (AvgIpc) is 2.43. The fourth-order valence-corrected chi connectivity index (χ4v) is 1.91. The Labute approximate surface area is 122 Å². The topological polar surface area (TPSA) is 41.6 Å². The van der Waals surface area contributed by atoms with Gasteiger partial charge in [-0.15, -0.1) is 0 Å². The fourth-order valence-electron chi connectivity index (χ4n) is 1.91. The molecular weight excluding hydrogens is 252 g/mol. The molecule has 0 atom stereocenters. The second-order valence-corrected chi connectivity index (χ2v) is 4.98. The molecule has 0 unspecified atom stereocenters. The molecule has 0 aliphatic heterocycles. The van der Waals surface area contributed by atoms with Crippen LogP contribution in [0.2, 0.25) is 0 Å². The molecule has 0 saturated heterocycles. The summed E-state index contributed by atoms with van der Waals surface area (Å²) >= 11 is 0. The molecular formula is C16H26N2O2. The summed E-state index contributed by atoms with van der Waals surface area (Å²) in [7, 11) is 4.07. The number of rotatable bonds is 9. The average molecular weight is 278 g/mol. The predicted molar refractivity (Wildman–Crippen MR) is 84.4 cm³/mol. The SMILES string of the molecule is CCOC(=O)CCCCCNc1ccc(N(C)C)cc1. The lowest BCUT2D eigenvalue weighted by Gasteiger charge is -2.13. The number of ether oxygens (including phenoxy) is 1. The molecule has 0 saturated carbocycles. The third-order valence-corrected chi connectivity index (χ3v) is 3.08. The largest absolute Gasteiger partial charge is 0.466 e. The normalized spacial score (nSPS) is 10.2. The lowest BCUT2D eigenvalue weighted by molar-refractivity contribution is -0.143. The van der Waals surface area contributed by atoms with E-state index in [-0.39, 0.29) is 5.97 Å². The maximum Gasteiger partial charge on any atom is 0.305 e. The highest BCUT2D eigenvalue weighted by atomic mass is 16.5. The highest BCUT2D eigenvalue weighted by Crippen LogP contribution is 2.15. The van der Waals surface area contributed by atoms with Gasteiger partial charge in [0.05, 0.1) is 6.61 Å². The maximum atomic E-state index is 11.1. The summed E-state index contributed by atoms with van der Waals surface area (Å²) in [6.45, 7) is 3.25. The number of unbranched alkanes of at least 4 members (excludes halogenated alkanes) is 2. The van der Waals surface area contributed by atoms with Crippen LogP contribution in [-0.4, -0.2) is 33.2 Å². The zero-order valence-electron chi connectivity index (χ0n) is 12.8. The van der Waals surface area contributed by atoms with E-state index in [1.165, 1.54) is 5.69 Å². The van der Waals surface area contributed by atoms with Gasteiger partial charge in [-0.1, -0.05) is 6.42 Å². The van der Waals surface area contributed by atoms with Gasteiger partial charge >= 0.3 is 5.97 Å². The van der Waals surface area contributed by atoms with Crippen molar-refractivity contribution in [2.45, 2.75) is 32.6 Å². The number of anilines is 2. The first kappa shape index (κ1) is 16.3. The van der Waals surface area contributed by atoms with Crippen molar-refractivity contribution in [2.75, 3.05) is 37.5 Å². The van der Waals surface area contributed by atoms with Gasteiger partial charge in [-0.2, -0.15) is 0 Å². The number of carbonyl (C=O) groups is 1. The van der Waals surface area contributed by atoms with Crippen molar-refractivity contribution in [1.29, 1.82) is 0 Å². The zero-order valence-corrected chi connectivity index (χ0v) is 12.8. The molecule has 0 aliphatic carbocycles. The number of nitrogens with zero attached hydrogens (tertiary/aromatic N) is 1. The van der Waals surface area contributed by atoms with E-state index in [0.29, 0.717) is 13.0 Å². The quantitative estimate of drug-likeness (QED) is 0.556. The van der Waals surface area contributed by atoms with Crippen LogP contribution in [0.5, 0.6) is 0 Å². The second-order valence-electron chi connectivity index (χ2n) is 4.98. The number of carbonyl (C=O) groups excluding carboxylic acids is 1. The van der Waals surface area contributed by atoms with E-state index >= 15 is 0 Å². The first-order valence-electron chi connectivity index (χ1n) is 7.30. The van der Waals surface area contributed by atoms with Crippen molar-refractivity contribution in [3.63, 3.8) is 0 Å². The molecule has 20 heavy (non-hydrogen) atoms. The minimum Gasteiger partial charge on any atom is -0.466 e. The molecule has 4 heteroatoms. The minimum absolute atomic E-state index is 0.0836. The maximum absolute atomic E-state index is 11.1. The van der Waals surface area contributed by atoms with E-state index < -0.39 is 0 Å². The van der Waals surface area contributed by atoms with Crippen LogP contribution in [0, 0.1) is 0 Å². The second kappa shape index (κ2) is 9.23. The third-order valence-electron chi connectivity index (χ3n) is 3.08. The lowest BCUT2D eigenvalue weighted by Crippen LogP contribution is -2.08. The summed E-state index contributed by atoms with van der Waals surface area (Å²) < 4.78 is 4.89. The fraction of sp³-hybridized carbons (Fsp3) is 0.562. The molecule has 1 aromatic carbocycles. The van der Waals surface area contributed by atoms with Crippen LogP contribution in [0.15, 0.2) is 24.3 Å². The molecule has 0 heterocycles. The number of nitrogens with one attached hydrogen (secondary N) is 1. The van der Waals surface area contributed by atoms with Gasteiger partial charge in [0.25, 0.3) is 0 Å². The lowest BCUT2D eigenvalue weighted by atomic mass is 10.2. The Bertz CT molecular complexity index is 388. The van der Waals surface area contributed by atoms with E-state index in [2.05, 4.69) is 34.5 Å². The molecule has 1 aromatic rings. The van der Waals surface area contributed by atoms with E-state index in [9.17, 15) is 4.79 Å². The summed E-state index contributed by atoms with van der Waals surface area (Å²) in [5.74, 6) is -0.0836. The Morgan fingerprint density at radius 1 is 1.15 bits per heavy atom. The van der Waals surface area contributed by atoms with Gasteiger partial charge in [-0.05, 0) is 44.0 Å². The van der Waals surface area contributed by atoms with Gasteiger partial charge in [0.1, 0.15) is 0 Å². The Morgan fingerprint density at radius 2 is 1.85 bits per heavy atom. The summed E-state index contributed by atoms with van der Waals surface area (Å²) in [5, 5.41) is 3.39. The third kappa shape index (κ3) is 6.45. The van der Waals surface area contributed by atoms with Crippen LogP contribution in [0.4, 0.5) is 11.4 Å². The smallest absolute Gasteiger partial charge is 0.305 e. The first-order valence-corrected chi connectivity index (χ1v) is 7.30. The highest BCUT2D eigenvalue weighted by molar-refractivity contribution is 5.69. The van der Waals surface area contributed by atoms with Crippen LogP contribution in [0.25, 0.3) is 0 Å². The van der Waals surface area contributed by atoms with Crippen molar-refractivity contribution < 1.29 is 9.53 Å².